The molecule has 1 aliphatic carbocycles. The van der Waals surface area contributed by atoms with Crippen molar-refractivity contribution >= 4 is 21.8 Å². The number of nitrogens with zero attached hydrogens (tertiary/aromatic N) is 2. The number of alkyl halides is 3. The normalized spacial score (nSPS) is 25.0. The van der Waals surface area contributed by atoms with Crippen LogP contribution in [0.4, 0.5) is 18.9 Å². The van der Waals surface area contributed by atoms with Gasteiger partial charge in [-0.15, -0.1) is 0 Å². The van der Waals surface area contributed by atoms with Crippen LogP contribution in [-0.2, 0) is 21.2 Å². The van der Waals surface area contributed by atoms with Gasteiger partial charge in [0.15, 0.2) is 0 Å². The minimum atomic E-state index is -4.46. The third kappa shape index (κ3) is 4.46. The van der Waals surface area contributed by atoms with Crippen LogP contribution in [-0.4, -0.2) is 44.3 Å². The second-order valence-corrected chi connectivity index (χ2v) is 9.57. The summed E-state index contributed by atoms with van der Waals surface area (Å²) in [6.07, 6.45) is -4.46. The van der Waals surface area contributed by atoms with Crippen LogP contribution in [0.1, 0.15) is 24.0 Å². The summed E-state index contributed by atoms with van der Waals surface area (Å²) < 4.78 is 67.6. The van der Waals surface area contributed by atoms with Gasteiger partial charge in [-0.25, -0.2) is 0 Å². The number of rotatable bonds is 5. The molecule has 1 N–H and O–H groups in total. The van der Waals surface area contributed by atoms with Crippen molar-refractivity contribution in [2.45, 2.75) is 25.1 Å². The van der Waals surface area contributed by atoms with Crippen molar-refractivity contribution in [2.75, 3.05) is 24.5 Å². The quantitative estimate of drug-likeness (QED) is 0.757. The Bertz CT molecular complexity index is 1060. The first-order chi connectivity index (χ1) is 14.6. The van der Waals surface area contributed by atoms with E-state index in [1.54, 1.807) is 0 Å². The number of piperazine rings is 1. The fourth-order valence-electron chi connectivity index (χ4n) is 4.04. The van der Waals surface area contributed by atoms with Gasteiger partial charge in [-0.1, -0.05) is 37.3 Å². The lowest BCUT2D eigenvalue weighted by molar-refractivity contribution is -0.137. The first kappa shape index (κ1) is 21.8. The molecule has 2 fully saturated rings. The fourth-order valence-corrected chi connectivity index (χ4v) is 5.49. The Morgan fingerprint density at radius 2 is 1.65 bits per heavy atom. The highest BCUT2D eigenvalue weighted by Crippen LogP contribution is 2.47. The van der Waals surface area contributed by atoms with Gasteiger partial charge in [0, 0.05) is 30.7 Å². The molecule has 0 unspecified atom stereocenters. The second-order valence-electron chi connectivity index (χ2n) is 7.87. The molecule has 4 rings (SSSR count). The Balaban J connectivity index is 1.40. The van der Waals surface area contributed by atoms with Crippen LogP contribution < -0.4 is 9.62 Å². The maximum Gasteiger partial charge on any atom is 0.416 e. The van der Waals surface area contributed by atoms with Gasteiger partial charge in [0.1, 0.15) is 0 Å². The topological polar surface area (TPSA) is 69.7 Å². The summed E-state index contributed by atoms with van der Waals surface area (Å²) in [6.45, 7) is 1.72. The highest BCUT2D eigenvalue weighted by Gasteiger charge is 2.50. The summed E-state index contributed by atoms with van der Waals surface area (Å²) in [5.41, 5.74) is 0.564. The second kappa shape index (κ2) is 7.92. The maximum atomic E-state index is 12.8. The number of nitrogens with one attached hydrogen (secondary N) is 1. The van der Waals surface area contributed by atoms with Crippen molar-refractivity contribution in [3.63, 3.8) is 0 Å². The summed E-state index contributed by atoms with van der Waals surface area (Å²) in [4.78, 5) is 13.9. The minimum absolute atomic E-state index is 0.0548. The third-order valence-electron chi connectivity index (χ3n) is 5.88. The molecule has 1 saturated heterocycles. The number of anilines is 1. The van der Waals surface area contributed by atoms with Crippen LogP contribution in [0.3, 0.4) is 0 Å². The van der Waals surface area contributed by atoms with Crippen molar-refractivity contribution in [3.05, 3.63) is 65.7 Å². The smallest absolute Gasteiger partial charge is 0.310 e. The number of benzene rings is 2. The van der Waals surface area contributed by atoms with Crippen LogP contribution in [0.2, 0.25) is 0 Å². The molecule has 2 aromatic rings. The van der Waals surface area contributed by atoms with Crippen molar-refractivity contribution in [3.8, 4) is 0 Å². The zero-order valence-electron chi connectivity index (χ0n) is 16.7. The molecule has 166 valence electrons. The lowest BCUT2D eigenvalue weighted by Crippen LogP contribution is -2.55. The van der Waals surface area contributed by atoms with Gasteiger partial charge < -0.3 is 4.90 Å². The van der Waals surface area contributed by atoms with Gasteiger partial charge in [0.05, 0.1) is 12.1 Å². The Kier molecular flexibility index (Phi) is 5.57. The van der Waals surface area contributed by atoms with E-state index in [1.165, 1.54) is 17.0 Å². The number of carbonyl (C=O) groups is 1. The number of halogens is 3. The predicted molar refractivity (Wildman–Crippen MR) is 110 cm³/mol. The standard InChI is InChI=1S/C21H22F3N3O3S/c1-14-19(15-5-3-2-4-6-15)20(14)25-31(29,30)26-11-12-27(18(28)13-26)17-9-7-16(8-10-17)21(22,23)24/h2-10,14,19-20,25H,11-13H2,1H3/t14-,19-,20+/m1/s1. The van der Waals surface area contributed by atoms with Crippen LogP contribution >= 0.6 is 0 Å². The van der Waals surface area contributed by atoms with Crippen LogP contribution in [0, 0.1) is 5.92 Å². The van der Waals surface area contributed by atoms with E-state index in [0.717, 1.165) is 22.0 Å². The number of hydrogen-bond donors (Lipinski definition) is 1. The number of carbonyl (C=O) groups excluding carboxylic acids is 1. The van der Waals surface area contributed by atoms with Gasteiger partial charge in [-0.2, -0.15) is 30.6 Å². The predicted octanol–water partition coefficient (Wildman–Crippen LogP) is 2.99. The zero-order valence-corrected chi connectivity index (χ0v) is 17.5. The van der Waals surface area contributed by atoms with Crippen molar-refractivity contribution in [2.24, 2.45) is 5.92 Å². The summed E-state index contributed by atoms with van der Waals surface area (Å²) in [5.74, 6) is -0.263. The molecular weight excluding hydrogens is 431 g/mol. The van der Waals surface area contributed by atoms with Gasteiger partial charge in [0.2, 0.25) is 5.91 Å². The Labute approximate surface area is 178 Å². The summed E-state index contributed by atoms with van der Waals surface area (Å²) in [6, 6.07) is 13.7. The SMILES string of the molecule is C[C@H]1[C@H](NS(=O)(=O)N2CCN(c3ccc(C(F)(F)F)cc3)C(=O)C2)[C@H]1c1ccccc1. The number of hydrogen-bond acceptors (Lipinski definition) is 3. The van der Waals surface area contributed by atoms with E-state index in [-0.39, 0.29) is 37.5 Å². The highest BCUT2D eigenvalue weighted by atomic mass is 32.2. The number of amides is 1. The molecule has 0 aromatic heterocycles. The van der Waals surface area contributed by atoms with Crippen LogP contribution in [0.5, 0.6) is 0 Å². The lowest BCUT2D eigenvalue weighted by Gasteiger charge is -2.33. The molecule has 2 aromatic carbocycles. The van der Waals surface area contributed by atoms with E-state index in [4.69, 9.17) is 0 Å². The van der Waals surface area contributed by atoms with Crippen molar-refractivity contribution in [1.29, 1.82) is 0 Å². The van der Waals surface area contributed by atoms with Crippen molar-refractivity contribution < 1.29 is 26.4 Å². The van der Waals surface area contributed by atoms with Gasteiger partial charge in [-0.3, -0.25) is 4.79 Å². The zero-order chi connectivity index (χ0) is 22.4. The fraction of sp³-hybridized carbons (Fsp3) is 0.381. The first-order valence-electron chi connectivity index (χ1n) is 9.88. The first-order valence-corrected chi connectivity index (χ1v) is 11.3. The van der Waals surface area contributed by atoms with Crippen molar-refractivity contribution in [1.82, 2.24) is 9.03 Å². The molecule has 31 heavy (non-hydrogen) atoms. The molecule has 3 atom stereocenters. The summed E-state index contributed by atoms with van der Waals surface area (Å²) in [5, 5.41) is 0. The Morgan fingerprint density at radius 1 is 1.00 bits per heavy atom. The summed E-state index contributed by atoms with van der Waals surface area (Å²) in [7, 11) is -3.87. The Hall–Kier alpha value is -2.43. The van der Waals surface area contributed by atoms with E-state index in [2.05, 4.69) is 4.72 Å². The van der Waals surface area contributed by atoms with E-state index in [9.17, 15) is 26.4 Å². The third-order valence-corrected chi connectivity index (χ3v) is 7.44. The Morgan fingerprint density at radius 3 is 2.23 bits per heavy atom. The molecule has 0 spiro atoms. The highest BCUT2D eigenvalue weighted by molar-refractivity contribution is 7.87. The van der Waals surface area contributed by atoms with E-state index in [1.807, 2.05) is 37.3 Å². The molecule has 1 amide bonds. The van der Waals surface area contributed by atoms with E-state index >= 15 is 0 Å². The van der Waals surface area contributed by atoms with Gasteiger partial charge in [-0.05, 0) is 35.7 Å². The molecular formula is C21H22F3N3O3S. The van der Waals surface area contributed by atoms with Gasteiger partial charge >= 0.3 is 6.18 Å². The monoisotopic (exact) mass is 453 g/mol. The molecule has 1 heterocycles. The lowest BCUT2D eigenvalue weighted by atomic mass is 10.1. The summed E-state index contributed by atoms with van der Waals surface area (Å²) >= 11 is 0. The molecule has 10 heteroatoms. The minimum Gasteiger partial charge on any atom is -0.310 e. The average molecular weight is 453 g/mol. The van der Waals surface area contributed by atoms with E-state index in [0.29, 0.717) is 5.69 Å². The molecule has 0 bridgehead atoms. The molecule has 1 saturated carbocycles. The maximum absolute atomic E-state index is 12.8. The largest absolute Gasteiger partial charge is 0.416 e. The molecule has 2 aliphatic rings. The molecule has 6 nitrogen and oxygen atoms in total. The average Bonchev–Trinajstić information content (AvgIpc) is 3.35. The van der Waals surface area contributed by atoms with E-state index < -0.39 is 27.9 Å². The van der Waals surface area contributed by atoms with Gasteiger partial charge in [0.25, 0.3) is 10.2 Å². The van der Waals surface area contributed by atoms with Crippen LogP contribution in [0.15, 0.2) is 54.6 Å². The van der Waals surface area contributed by atoms with Crippen LogP contribution in [0.25, 0.3) is 0 Å². The molecule has 0 radical (unpaired) electrons. The molecule has 1 aliphatic heterocycles.